The Balaban J connectivity index is 2.17. The molecule has 20 heavy (non-hydrogen) atoms. The molecule has 2 atom stereocenters. The SMILES string of the molecule is CCOCc1nc(NC)cc(N2CCC(C)C(C)C2)n1. The number of anilines is 2. The molecule has 5 nitrogen and oxygen atoms in total. The molecule has 1 aliphatic rings. The van der Waals surface area contributed by atoms with Crippen LogP contribution < -0.4 is 10.2 Å². The van der Waals surface area contributed by atoms with Crippen LogP contribution in [0.15, 0.2) is 6.07 Å². The van der Waals surface area contributed by atoms with Crippen LogP contribution in [0.2, 0.25) is 0 Å². The highest BCUT2D eigenvalue weighted by Crippen LogP contribution is 2.27. The summed E-state index contributed by atoms with van der Waals surface area (Å²) < 4.78 is 5.43. The Kier molecular flexibility index (Phi) is 5.17. The maximum absolute atomic E-state index is 5.43. The van der Waals surface area contributed by atoms with Gasteiger partial charge < -0.3 is 15.0 Å². The number of aromatic nitrogens is 2. The van der Waals surface area contributed by atoms with Crippen molar-refractivity contribution < 1.29 is 4.74 Å². The molecule has 0 bridgehead atoms. The third-order valence-electron chi connectivity index (χ3n) is 4.11. The lowest BCUT2D eigenvalue weighted by atomic mass is 9.89. The normalized spacial score (nSPS) is 22.9. The monoisotopic (exact) mass is 278 g/mol. The summed E-state index contributed by atoms with van der Waals surface area (Å²) in [6, 6.07) is 2.03. The van der Waals surface area contributed by atoms with E-state index in [0.717, 1.165) is 36.5 Å². The molecule has 1 fully saturated rings. The molecule has 1 aliphatic heterocycles. The van der Waals surface area contributed by atoms with Crippen molar-refractivity contribution >= 4 is 11.6 Å². The number of rotatable bonds is 5. The lowest BCUT2D eigenvalue weighted by Gasteiger charge is -2.36. The van der Waals surface area contributed by atoms with Crippen LogP contribution in [0.4, 0.5) is 11.6 Å². The van der Waals surface area contributed by atoms with Crippen LogP contribution >= 0.6 is 0 Å². The molecule has 2 rings (SSSR count). The van der Waals surface area contributed by atoms with Crippen molar-refractivity contribution in [1.82, 2.24) is 9.97 Å². The summed E-state index contributed by atoms with van der Waals surface area (Å²) in [5.41, 5.74) is 0. The minimum atomic E-state index is 0.471. The lowest BCUT2D eigenvalue weighted by Crippen LogP contribution is -2.39. The van der Waals surface area contributed by atoms with E-state index >= 15 is 0 Å². The first-order valence-electron chi connectivity index (χ1n) is 7.52. The van der Waals surface area contributed by atoms with E-state index in [4.69, 9.17) is 4.74 Å². The Morgan fingerprint density at radius 3 is 2.80 bits per heavy atom. The summed E-state index contributed by atoms with van der Waals surface area (Å²) in [5.74, 6) is 4.11. The number of ether oxygens (including phenoxy) is 1. The molecule has 0 aromatic carbocycles. The van der Waals surface area contributed by atoms with E-state index in [1.54, 1.807) is 0 Å². The van der Waals surface area contributed by atoms with Gasteiger partial charge in [-0.15, -0.1) is 0 Å². The quantitative estimate of drug-likeness (QED) is 0.897. The molecule has 5 heteroatoms. The first-order chi connectivity index (χ1) is 9.63. The number of nitrogens with zero attached hydrogens (tertiary/aromatic N) is 3. The van der Waals surface area contributed by atoms with Crippen LogP contribution in [0.25, 0.3) is 0 Å². The molecule has 0 amide bonds. The number of nitrogens with one attached hydrogen (secondary N) is 1. The first kappa shape index (κ1) is 15.0. The van der Waals surface area contributed by atoms with Crippen LogP contribution in [0.3, 0.4) is 0 Å². The maximum atomic E-state index is 5.43. The van der Waals surface area contributed by atoms with Gasteiger partial charge in [0.15, 0.2) is 5.82 Å². The standard InChI is InChI=1S/C15H26N4O/c1-5-20-10-14-17-13(16-4)8-15(18-14)19-7-6-11(2)12(3)9-19/h8,11-12H,5-7,9-10H2,1-4H3,(H,16,17,18). The Hall–Kier alpha value is -1.36. The maximum Gasteiger partial charge on any atom is 0.158 e. The topological polar surface area (TPSA) is 50.3 Å². The van der Waals surface area contributed by atoms with Crippen LogP contribution in [0, 0.1) is 11.8 Å². The minimum absolute atomic E-state index is 0.471. The van der Waals surface area contributed by atoms with E-state index < -0.39 is 0 Å². The van der Waals surface area contributed by atoms with E-state index in [0.29, 0.717) is 19.1 Å². The predicted molar refractivity (Wildman–Crippen MR) is 82.1 cm³/mol. The van der Waals surface area contributed by atoms with Crippen LogP contribution in [0.5, 0.6) is 0 Å². The molecule has 0 saturated carbocycles. The Bertz CT molecular complexity index is 438. The second-order valence-corrected chi connectivity index (χ2v) is 5.60. The molecular formula is C15H26N4O. The molecular weight excluding hydrogens is 252 g/mol. The van der Waals surface area contributed by atoms with Crippen molar-refractivity contribution in [3.05, 3.63) is 11.9 Å². The summed E-state index contributed by atoms with van der Waals surface area (Å²) in [6.07, 6.45) is 1.22. The van der Waals surface area contributed by atoms with Crippen molar-refractivity contribution in [2.24, 2.45) is 11.8 Å². The molecule has 0 aliphatic carbocycles. The molecule has 0 spiro atoms. The summed E-state index contributed by atoms with van der Waals surface area (Å²) in [7, 11) is 1.89. The van der Waals surface area contributed by atoms with Gasteiger partial charge in [0.25, 0.3) is 0 Å². The van der Waals surface area contributed by atoms with Gasteiger partial charge in [-0.2, -0.15) is 0 Å². The van der Waals surface area contributed by atoms with Gasteiger partial charge in [-0.1, -0.05) is 13.8 Å². The van der Waals surface area contributed by atoms with Crippen LogP contribution in [-0.4, -0.2) is 36.7 Å². The van der Waals surface area contributed by atoms with E-state index in [1.807, 2.05) is 20.0 Å². The van der Waals surface area contributed by atoms with Crippen molar-refractivity contribution in [1.29, 1.82) is 0 Å². The van der Waals surface area contributed by atoms with Crippen molar-refractivity contribution in [3.63, 3.8) is 0 Å². The molecule has 2 unspecified atom stereocenters. The van der Waals surface area contributed by atoms with Gasteiger partial charge in [-0.3, -0.25) is 0 Å². The average Bonchev–Trinajstić information content (AvgIpc) is 2.47. The zero-order valence-corrected chi connectivity index (χ0v) is 13.0. The molecule has 112 valence electrons. The average molecular weight is 278 g/mol. The van der Waals surface area contributed by atoms with Crippen molar-refractivity contribution in [3.8, 4) is 0 Å². The summed E-state index contributed by atoms with van der Waals surface area (Å²) in [5, 5.41) is 3.11. The second kappa shape index (κ2) is 6.88. The van der Waals surface area contributed by atoms with Gasteiger partial charge in [0.2, 0.25) is 0 Å². The molecule has 0 radical (unpaired) electrons. The van der Waals surface area contributed by atoms with E-state index in [9.17, 15) is 0 Å². The predicted octanol–water partition coefficient (Wildman–Crippen LogP) is 2.54. The number of piperidine rings is 1. The van der Waals surface area contributed by atoms with Gasteiger partial charge in [0.05, 0.1) is 0 Å². The highest BCUT2D eigenvalue weighted by molar-refractivity contribution is 5.49. The van der Waals surface area contributed by atoms with E-state index in [1.165, 1.54) is 6.42 Å². The molecule has 2 heterocycles. The Morgan fingerprint density at radius 1 is 1.35 bits per heavy atom. The second-order valence-electron chi connectivity index (χ2n) is 5.60. The highest BCUT2D eigenvalue weighted by Gasteiger charge is 2.24. The third-order valence-corrected chi connectivity index (χ3v) is 4.11. The zero-order valence-electron chi connectivity index (χ0n) is 13.0. The minimum Gasteiger partial charge on any atom is -0.374 e. The highest BCUT2D eigenvalue weighted by atomic mass is 16.5. The summed E-state index contributed by atoms with van der Waals surface area (Å²) in [6.45, 7) is 9.92. The largest absolute Gasteiger partial charge is 0.374 e. The van der Waals surface area contributed by atoms with Gasteiger partial charge in [0, 0.05) is 32.8 Å². The summed E-state index contributed by atoms with van der Waals surface area (Å²) in [4.78, 5) is 11.5. The smallest absolute Gasteiger partial charge is 0.158 e. The van der Waals surface area contributed by atoms with Crippen LogP contribution in [0.1, 0.15) is 33.0 Å². The fourth-order valence-electron chi connectivity index (χ4n) is 2.50. The third kappa shape index (κ3) is 3.60. The Morgan fingerprint density at radius 2 is 2.15 bits per heavy atom. The first-order valence-corrected chi connectivity index (χ1v) is 7.52. The molecule has 1 aromatic rings. The zero-order chi connectivity index (χ0) is 14.5. The number of hydrogen-bond donors (Lipinski definition) is 1. The van der Waals surface area contributed by atoms with Gasteiger partial charge in [-0.05, 0) is 25.2 Å². The molecule has 1 aromatic heterocycles. The fourth-order valence-corrected chi connectivity index (χ4v) is 2.50. The summed E-state index contributed by atoms with van der Waals surface area (Å²) >= 11 is 0. The fraction of sp³-hybridized carbons (Fsp3) is 0.733. The molecule has 1 N–H and O–H groups in total. The van der Waals surface area contributed by atoms with Gasteiger partial charge in [-0.25, -0.2) is 9.97 Å². The van der Waals surface area contributed by atoms with E-state index in [-0.39, 0.29) is 0 Å². The van der Waals surface area contributed by atoms with Crippen LogP contribution in [-0.2, 0) is 11.3 Å². The lowest BCUT2D eigenvalue weighted by molar-refractivity contribution is 0.128. The van der Waals surface area contributed by atoms with Crippen molar-refractivity contribution in [2.75, 3.05) is 37.0 Å². The molecule has 1 saturated heterocycles. The van der Waals surface area contributed by atoms with Gasteiger partial charge in [0.1, 0.15) is 18.2 Å². The van der Waals surface area contributed by atoms with E-state index in [2.05, 4.69) is 34.0 Å². The number of hydrogen-bond acceptors (Lipinski definition) is 5. The van der Waals surface area contributed by atoms with Crippen molar-refractivity contribution in [2.45, 2.75) is 33.8 Å². The Labute approximate surface area is 121 Å². The van der Waals surface area contributed by atoms with Gasteiger partial charge >= 0.3 is 0 Å².